The Morgan fingerprint density at radius 3 is 2.91 bits per heavy atom. The van der Waals surface area contributed by atoms with Crippen molar-refractivity contribution in [2.75, 3.05) is 5.32 Å². The molecule has 0 aliphatic heterocycles. The highest BCUT2D eigenvalue weighted by atomic mass is 79.9. The van der Waals surface area contributed by atoms with E-state index in [4.69, 9.17) is 23.2 Å². The average Bonchev–Trinajstić information content (AvgIpc) is 2.94. The number of fused-ring (bicyclic) bond motifs is 1. The topological polar surface area (TPSA) is 59.3 Å². The smallest absolute Gasteiger partial charge is 0.248 e. The van der Waals surface area contributed by atoms with Crippen molar-refractivity contribution in [3.63, 3.8) is 0 Å². The Balaban J connectivity index is 1.81. The molecule has 8 heteroatoms. The molecule has 0 fully saturated rings. The number of anilines is 1. The van der Waals surface area contributed by atoms with Crippen molar-refractivity contribution >= 4 is 62.4 Å². The summed E-state index contributed by atoms with van der Waals surface area (Å²) in [5, 5.41) is 11.6. The fraction of sp³-hybridized carbons (Fsp3) is 0. The molecule has 0 atom stereocenters. The Hall–Kier alpha value is -1.89. The van der Waals surface area contributed by atoms with Gasteiger partial charge >= 0.3 is 0 Å². The molecule has 0 spiro atoms. The molecule has 0 aliphatic rings. The van der Waals surface area contributed by atoms with E-state index >= 15 is 0 Å². The van der Waals surface area contributed by atoms with E-state index < -0.39 is 0 Å². The van der Waals surface area contributed by atoms with E-state index in [2.05, 4.69) is 31.4 Å². The van der Waals surface area contributed by atoms with Gasteiger partial charge in [0, 0.05) is 26.8 Å². The molecule has 3 rings (SSSR count). The number of aromatic nitrogens is 3. The van der Waals surface area contributed by atoms with E-state index in [1.165, 1.54) is 6.08 Å². The molecule has 0 aliphatic carbocycles. The van der Waals surface area contributed by atoms with E-state index in [0.29, 0.717) is 26.9 Å². The molecular weight excluding hydrogens is 403 g/mol. The van der Waals surface area contributed by atoms with Crippen molar-refractivity contribution in [1.29, 1.82) is 0 Å². The number of benzene rings is 1. The molecule has 2 heterocycles. The maximum Gasteiger partial charge on any atom is 0.248 e. The molecule has 3 aromatic rings. The zero-order valence-corrected chi connectivity index (χ0v) is 14.6. The fourth-order valence-corrected chi connectivity index (χ4v) is 2.89. The SMILES string of the molecule is O=C(/C=C/c1ccc(Cl)cc1Cl)Nc1cc(Br)cn2cnnc12. The second kappa shape index (κ2) is 6.70. The highest BCUT2D eigenvalue weighted by Gasteiger charge is 2.08. The summed E-state index contributed by atoms with van der Waals surface area (Å²) in [5.41, 5.74) is 1.81. The Labute approximate surface area is 150 Å². The van der Waals surface area contributed by atoms with Crippen molar-refractivity contribution < 1.29 is 4.79 Å². The number of amides is 1. The zero-order valence-electron chi connectivity index (χ0n) is 11.5. The quantitative estimate of drug-likeness (QED) is 0.647. The van der Waals surface area contributed by atoms with Crippen LogP contribution in [0.15, 0.2) is 47.3 Å². The van der Waals surface area contributed by atoms with Crippen LogP contribution in [0.2, 0.25) is 10.0 Å². The first kappa shape index (κ1) is 16.0. The first-order valence-electron chi connectivity index (χ1n) is 6.46. The lowest BCUT2D eigenvalue weighted by molar-refractivity contribution is -0.111. The lowest BCUT2D eigenvalue weighted by Gasteiger charge is -2.05. The summed E-state index contributed by atoms with van der Waals surface area (Å²) >= 11 is 15.3. The van der Waals surface area contributed by atoms with Gasteiger partial charge in [-0.1, -0.05) is 29.3 Å². The molecule has 2 aromatic heterocycles. The average molecular weight is 412 g/mol. The lowest BCUT2D eigenvalue weighted by Crippen LogP contribution is -2.09. The minimum atomic E-state index is -0.306. The Kier molecular flexibility index (Phi) is 4.66. The van der Waals surface area contributed by atoms with Gasteiger partial charge in [-0.3, -0.25) is 9.20 Å². The minimum Gasteiger partial charge on any atom is -0.319 e. The van der Waals surface area contributed by atoms with E-state index in [-0.39, 0.29) is 5.91 Å². The monoisotopic (exact) mass is 410 g/mol. The summed E-state index contributed by atoms with van der Waals surface area (Å²) in [6.07, 6.45) is 6.36. The molecule has 0 saturated carbocycles. The van der Waals surface area contributed by atoms with Crippen molar-refractivity contribution in [2.24, 2.45) is 0 Å². The summed E-state index contributed by atoms with van der Waals surface area (Å²) in [7, 11) is 0. The van der Waals surface area contributed by atoms with Gasteiger partial charge in [0.1, 0.15) is 6.33 Å². The molecule has 0 radical (unpaired) electrons. The largest absolute Gasteiger partial charge is 0.319 e. The normalized spacial score (nSPS) is 11.3. The molecular formula is C15H9BrCl2N4O. The molecule has 23 heavy (non-hydrogen) atoms. The van der Waals surface area contributed by atoms with Crippen molar-refractivity contribution in [3.05, 3.63) is 62.9 Å². The number of nitrogens with one attached hydrogen (secondary N) is 1. The summed E-state index contributed by atoms with van der Waals surface area (Å²) in [6, 6.07) is 6.82. The van der Waals surface area contributed by atoms with Gasteiger partial charge in [0.2, 0.25) is 5.91 Å². The Morgan fingerprint density at radius 2 is 2.13 bits per heavy atom. The predicted molar refractivity (Wildman–Crippen MR) is 94.8 cm³/mol. The van der Waals surface area contributed by atoms with Gasteiger partial charge in [0.15, 0.2) is 5.65 Å². The summed E-state index contributed by atoms with van der Waals surface area (Å²) in [4.78, 5) is 12.1. The summed E-state index contributed by atoms with van der Waals surface area (Å²) in [6.45, 7) is 0. The van der Waals surface area contributed by atoms with Gasteiger partial charge in [-0.2, -0.15) is 0 Å². The Bertz CT molecular complexity index is 923. The molecule has 0 bridgehead atoms. The van der Waals surface area contributed by atoms with Gasteiger partial charge < -0.3 is 5.32 Å². The molecule has 1 aromatic carbocycles. The van der Waals surface area contributed by atoms with Crippen LogP contribution in [0.1, 0.15) is 5.56 Å². The van der Waals surface area contributed by atoms with Crippen molar-refractivity contribution in [3.8, 4) is 0 Å². The number of pyridine rings is 1. The molecule has 116 valence electrons. The van der Waals surface area contributed by atoms with Crippen molar-refractivity contribution in [1.82, 2.24) is 14.6 Å². The van der Waals surface area contributed by atoms with Crippen LogP contribution < -0.4 is 5.32 Å². The second-order valence-corrected chi connectivity index (χ2v) is 6.38. The fourth-order valence-electron chi connectivity index (χ4n) is 1.97. The van der Waals surface area contributed by atoms with E-state index in [0.717, 1.165) is 4.47 Å². The van der Waals surface area contributed by atoms with Crippen LogP contribution in [-0.2, 0) is 4.79 Å². The third-order valence-electron chi connectivity index (χ3n) is 2.99. The maximum atomic E-state index is 12.1. The molecule has 1 amide bonds. The van der Waals surface area contributed by atoms with Gasteiger partial charge in [-0.05, 0) is 45.8 Å². The summed E-state index contributed by atoms with van der Waals surface area (Å²) < 4.78 is 2.50. The summed E-state index contributed by atoms with van der Waals surface area (Å²) in [5.74, 6) is -0.306. The van der Waals surface area contributed by atoms with Crippen LogP contribution in [0.25, 0.3) is 11.7 Å². The van der Waals surface area contributed by atoms with Crippen molar-refractivity contribution in [2.45, 2.75) is 0 Å². The third-order valence-corrected chi connectivity index (χ3v) is 3.99. The lowest BCUT2D eigenvalue weighted by atomic mass is 10.2. The van der Waals surface area contributed by atoms with E-state index in [1.807, 2.05) is 0 Å². The van der Waals surface area contributed by atoms with Crippen LogP contribution in [0.4, 0.5) is 5.69 Å². The number of halogens is 3. The highest BCUT2D eigenvalue weighted by Crippen LogP contribution is 2.23. The van der Waals surface area contributed by atoms with Crippen LogP contribution in [0, 0.1) is 0 Å². The van der Waals surface area contributed by atoms with Crippen LogP contribution in [0.5, 0.6) is 0 Å². The second-order valence-electron chi connectivity index (χ2n) is 4.62. The third kappa shape index (κ3) is 3.72. The van der Waals surface area contributed by atoms with Crippen LogP contribution in [-0.4, -0.2) is 20.5 Å². The number of hydrogen-bond acceptors (Lipinski definition) is 3. The molecule has 0 saturated heterocycles. The van der Waals surface area contributed by atoms with Gasteiger partial charge in [-0.15, -0.1) is 10.2 Å². The highest BCUT2D eigenvalue weighted by molar-refractivity contribution is 9.10. The Morgan fingerprint density at radius 1 is 1.30 bits per heavy atom. The standard InChI is InChI=1S/C15H9BrCl2N4O/c16-10-5-13(15-21-19-8-22(15)7-10)20-14(23)4-2-9-1-3-11(17)6-12(9)18/h1-8H,(H,20,23)/b4-2+. The van der Waals surface area contributed by atoms with Gasteiger partial charge in [0.25, 0.3) is 0 Å². The predicted octanol–water partition coefficient (Wildman–Crippen LogP) is 4.45. The zero-order chi connectivity index (χ0) is 16.4. The first-order chi connectivity index (χ1) is 11.0. The number of nitrogens with zero attached hydrogens (tertiary/aromatic N) is 3. The van der Waals surface area contributed by atoms with Gasteiger partial charge in [-0.25, -0.2) is 0 Å². The van der Waals surface area contributed by atoms with E-state index in [1.54, 1.807) is 47.3 Å². The van der Waals surface area contributed by atoms with Crippen LogP contribution in [0.3, 0.4) is 0 Å². The van der Waals surface area contributed by atoms with Crippen LogP contribution >= 0.6 is 39.1 Å². The minimum absolute atomic E-state index is 0.306. The maximum absolute atomic E-state index is 12.1. The van der Waals surface area contributed by atoms with E-state index in [9.17, 15) is 4.79 Å². The number of rotatable bonds is 3. The molecule has 5 nitrogen and oxygen atoms in total. The number of hydrogen-bond donors (Lipinski definition) is 1. The first-order valence-corrected chi connectivity index (χ1v) is 8.01. The molecule has 0 unspecified atom stereocenters. The number of carbonyl (C=O) groups is 1. The number of carbonyl (C=O) groups excluding carboxylic acids is 1. The van der Waals surface area contributed by atoms with Gasteiger partial charge in [0.05, 0.1) is 5.69 Å². The molecule has 1 N–H and O–H groups in total.